The van der Waals surface area contributed by atoms with Crippen molar-refractivity contribution in [1.82, 2.24) is 14.7 Å². The molecule has 178 valence electrons. The molecule has 0 bridgehead atoms. The van der Waals surface area contributed by atoms with Crippen LogP contribution >= 0.6 is 0 Å². The summed E-state index contributed by atoms with van der Waals surface area (Å²) in [5.41, 5.74) is 0. The van der Waals surface area contributed by atoms with Gasteiger partial charge in [0.1, 0.15) is 17.6 Å². The number of hydrogen-bond donors (Lipinski definition) is 3. The Morgan fingerprint density at radius 1 is 1.30 bits per heavy atom. The van der Waals surface area contributed by atoms with E-state index in [0.717, 1.165) is 12.1 Å². The van der Waals surface area contributed by atoms with Gasteiger partial charge in [-0.15, -0.1) is 0 Å². The van der Waals surface area contributed by atoms with Crippen LogP contribution in [0.2, 0.25) is 0 Å². The lowest BCUT2D eigenvalue weighted by Crippen LogP contribution is -2.46. The summed E-state index contributed by atoms with van der Waals surface area (Å²) < 4.78 is 33.8. The predicted molar refractivity (Wildman–Crippen MR) is 114 cm³/mol. The summed E-state index contributed by atoms with van der Waals surface area (Å²) in [7, 11) is 0. The number of aromatic nitrogens is 2. The van der Waals surface area contributed by atoms with Crippen molar-refractivity contribution >= 4 is 17.6 Å². The van der Waals surface area contributed by atoms with Crippen molar-refractivity contribution in [2.75, 3.05) is 18.5 Å². The molecule has 0 radical (unpaired) electrons. The van der Waals surface area contributed by atoms with E-state index in [2.05, 4.69) is 10.4 Å². The Balaban J connectivity index is 1.69. The zero-order chi connectivity index (χ0) is 24.1. The Kier molecular flexibility index (Phi) is 7.77. The monoisotopic (exact) mass is 464 g/mol. The Hall–Kier alpha value is -3.31. The molecule has 2 atom stereocenters. The van der Waals surface area contributed by atoms with Crippen LogP contribution < -0.4 is 10.1 Å². The van der Waals surface area contributed by atoms with Gasteiger partial charge in [0.15, 0.2) is 17.4 Å². The van der Waals surface area contributed by atoms with E-state index < -0.39 is 42.2 Å². The molecular weight excluding hydrogens is 438 g/mol. The lowest BCUT2D eigenvalue weighted by atomic mass is 10.0. The van der Waals surface area contributed by atoms with Crippen LogP contribution in [0.5, 0.6) is 5.75 Å². The Morgan fingerprint density at radius 2 is 2.06 bits per heavy atom. The van der Waals surface area contributed by atoms with Crippen LogP contribution in [-0.4, -0.2) is 62.0 Å². The molecule has 1 aliphatic rings. The topological polar surface area (TPSA) is 117 Å². The predicted octanol–water partition coefficient (Wildman–Crippen LogP) is 1.67. The van der Waals surface area contributed by atoms with Gasteiger partial charge in [0.05, 0.1) is 25.8 Å². The Labute approximate surface area is 189 Å². The zero-order valence-corrected chi connectivity index (χ0v) is 18.2. The zero-order valence-electron chi connectivity index (χ0n) is 18.2. The third-order valence-electron chi connectivity index (χ3n) is 4.90. The number of aliphatic hydroxyl groups is 2. The van der Waals surface area contributed by atoms with E-state index in [4.69, 9.17) is 9.84 Å². The first-order valence-electron chi connectivity index (χ1n) is 10.4. The number of nitrogens with zero attached hydrogens (tertiary/aromatic N) is 3. The molecule has 3 rings (SSSR count). The molecule has 2 amide bonds. The minimum absolute atomic E-state index is 0.0525. The highest BCUT2D eigenvalue weighted by atomic mass is 19.1. The van der Waals surface area contributed by atoms with Gasteiger partial charge in [-0.05, 0) is 24.5 Å². The maximum Gasteiger partial charge on any atom is 0.251 e. The molecule has 1 aromatic carbocycles. The number of anilines is 1. The first-order chi connectivity index (χ1) is 15.7. The van der Waals surface area contributed by atoms with Crippen molar-refractivity contribution in [2.45, 2.75) is 39.0 Å². The highest BCUT2D eigenvalue weighted by Crippen LogP contribution is 2.25. The van der Waals surface area contributed by atoms with Gasteiger partial charge >= 0.3 is 0 Å². The molecule has 0 fully saturated rings. The molecule has 9 nitrogen and oxygen atoms in total. The van der Waals surface area contributed by atoms with Crippen molar-refractivity contribution in [3.8, 4) is 5.75 Å². The standard InChI is InChI=1S/C22H26F2N4O5/c1-13(2)7-18(22(32)25-20-5-6-27(26-20)10-15(30)12-29)28-11-16(9-21(28)31)33-19-4-3-14(23)8-17(19)24/h3-6,8-9,13,15,18,29-30H,7,10-12H2,1-2H3,(H,25,26,32)/t15-,18+/m1/s1. The summed E-state index contributed by atoms with van der Waals surface area (Å²) >= 11 is 0. The number of halogens is 2. The summed E-state index contributed by atoms with van der Waals surface area (Å²) in [4.78, 5) is 27.0. The number of ether oxygens (including phenoxy) is 1. The Bertz CT molecular complexity index is 1040. The lowest BCUT2D eigenvalue weighted by Gasteiger charge is -2.28. The van der Waals surface area contributed by atoms with Crippen molar-refractivity contribution < 1.29 is 33.3 Å². The Morgan fingerprint density at radius 3 is 2.73 bits per heavy atom. The van der Waals surface area contributed by atoms with Crippen molar-refractivity contribution in [2.24, 2.45) is 5.92 Å². The summed E-state index contributed by atoms with van der Waals surface area (Å²) in [6.07, 6.45) is 2.08. The number of amides is 2. The number of hydrogen-bond acceptors (Lipinski definition) is 6. The third-order valence-corrected chi connectivity index (χ3v) is 4.90. The first kappa shape index (κ1) is 24.3. The maximum absolute atomic E-state index is 13.9. The fourth-order valence-electron chi connectivity index (χ4n) is 3.37. The van der Waals surface area contributed by atoms with E-state index in [9.17, 15) is 23.5 Å². The van der Waals surface area contributed by atoms with Crippen molar-refractivity contribution in [1.29, 1.82) is 0 Å². The molecule has 0 unspecified atom stereocenters. The maximum atomic E-state index is 13.9. The van der Waals surface area contributed by atoms with Crippen LogP contribution in [0.25, 0.3) is 0 Å². The minimum atomic E-state index is -0.986. The quantitative estimate of drug-likeness (QED) is 0.493. The van der Waals surface area contributed by atoms with Crippen LogP contribution in [-0.2, 0) is 16.1 Å². The third kappa shape index (κ3) is 6.36. The second-order valence-corrected chi connectivity index (χ2v) is 8.15. The number of benzene rings is 1. The van der Waals surface area contributed by atoms with Gasteiger partial charge in [0, 0.05) is 24.4 Å². The summed E-state index contributed by atoms with van der Waals surface area (Å²) in [6, 6.07) is 3.53. The smallest absolute Gasteiger partial charge is 0.251 e. The average molecular weight is 464 g/mol. The molecule has 1 aliphatic heterocycles. The number of carbonyl (C=O) groups is 2. The van der Waals surface area contributed by atoms with E-state index in [1.165, 1.54) is 27.9 Å². The fraction of sp³-hybridized carbons (Fsp3) is 0.409. The van der Waals surface area contributed by atoms with Gasteiger partial charge in [0.25, 0.3) is 5.91 Å². The summed E-state index contributed by atoms with van der Waals surface area (Å²) in [5, 5.41) is 25.3. The SMILES string of the molecule is CC(C)C[C@@H](C(=O)Nc1ccn(C[C@@H](O)CO)n1)N1CC(Oc2ccc(F)cc2F)=CC1=O. The van der Waals surface area contributed by atoms with Crippen molar-refractivity contribution in [3.05, 3.63) is 53.9 Å². The average Bonchev–Trinajstić information content (AvgIpc) is 3.33. The molecule has 2 aromatic rings. The van der Waals surface area contributed by atoms with Crippen LogP contribution in [0, 0.1) is 17.6 Å². The molecule has 11 heteroatoms. The van der Waals surface area contributed by atoms with E-state index in [1.54, 1.807) is 0 Å². The summed E-state index contributed by atoms with van der Waals surface area (Å²) in [5.74, 6) is -2.38. The molecule has 2 heterocycles. The van der Waals surface area contributed by atoms with Crippen molar-refractivity contribution in [3.63, 3.8) is 0 Å². The van der Waals surface area contributed by atoms with E-state index >= 15 is 0 Å². The van der Waals surface area contributed by atoms with Gasteiger partial charge < -0.3 is 25.2 Å². The van der Waals surface area contributed by atoms with E-state index in [0.29, 0.717) is 12.5 Å². The van der Waals surface area contributed by atoms with Gasteiger partial charge in [-0.2, -0.15) is 5.10 Å². The normalized spacial score (nSPS) is 15.5. The molecule has 0 saturated carbocycles. The van der Waals surface area contributed by atoms with Crippen LogP contribution in [0.1, 0.15) is 20.3 Å². The number of nitrogens with one attached hydrogen (secondary N) is 1. The number of aliphatic hydroxyl groups excluding tert-OH is 2. The lowest BCUT2D eigenvalue weighted by molar-refractivity contribution is -0.133. The second-order valence-electron chi connectivity index (χ2n) is 8.15. The fourth-order valence-corrected chi connectivity index (χ4v) is 3.37. The molecule has 33 heavy (non-hydrogen) atoms. The highest BCUT2D eigenvalue weighted by molar-refractivity contribution is 5.99. The number of rotatable bonds is 10. The van der Waals surface area contributed by atoms with Gasteiger partial charge in [-0.25, -0.2) is 8.78 Å². The van der Waals surface area contributed by atoms with Gasteiger partial charge in [-0.3, -0.25) is 14.3 Å². The molecule has 1 aromatic heterocycles. The van der Waals surface area contributed by atoms with Crippen LogP contribution in [0.4, 0.5) is 14.6 Å². The van der Waals surface area contributed by atoms with E-state index in [-0.39, 0.29) is 36.3 Å². The van der Waals surface area contributed by atoms with E-state index in [1.807, 2.05) is 13.8 Å². The molecular formula is C22H26F2N4O5. The van der Waals surface area contributed by atoms with Gasteiger partial charge in [0.2, 0.25) is 5.91 Å². The highest BCUT2D eigenvalue weighted by Gasteiger charge is 2.35. The number of carbonyl (C=O) groups excluding carboxylic acids is 2. The first-order valence-corrected chi connectivity index (χ1v) is 10.4. The largest absolute Gasteiger partial charge is 0.457 e. The molecule has 0 spiro atoms. The van der Waals surface area contributed by atoms with Gasteiger partial charge in [-0.1, -0.05) is 13.8 Å². The minimum Gasteiger partial charge on any atom is -0.457 e. The molecule has 0 aliphatic carbocycles. The van der Waals surface area contributed by atoms with Crippen LogP contribution in [0.15, 0.2) is 42.3 Å². The summed E-state index contributed by atoms with van der Waals surface area (Å²) in [6.45, 7) is 3.39. The molecule has 3 N–H and O–H groups in total. The van der Waals surface area contributed by atoms with Crippen LogP contribution in [0.3, 0.4) is 0 Å². The molecule has 0 saturated heterocycles. The second kappa shape index (κ2) is 10.5.